The number of nitrogens with two attached hydrogens (primary N) is 1. The molecule has 1 aromatic heterocycles. The summed E-state index contributed by atoms with van der Waals surface area (Å²) in [6.07, 6.45) is 0. The van der Waals surface area contributed by atoms with Crippen LogP contribution in [0.4, 0.5) is 0 Å². The summed E-state index contributed by atoms with van der Waals surface area (Å²) < 4.78 is 0. The molecule has 3 N–H and O–H groups in total. The number of rotatable bonds is 3. The van der Waals surface area contributed by atoms with Gasteiger partial charge in [0.2, 0.25) is 0 Å². The molecule has 90 valence electrons. The van der Waals surface area contributed by atoms with Crippen molar-refractivity contribution in [3.63, 3.8) is 0 Å². The van der Waals surface area contributed by atoms with Crippen molar-refractivity contribution in [2.75, 3.05) is 0 Å². The molecule has 0 spiro atoms. The molecule has 0 aliphatic heterocycles. The largest absolute Gasteiger partial charge is 0.271 e. The van der Waals surface area contributed by atoms with Gasteiger partial charge in [0.05, 0.1) is 16.1 Å². The van der Waals surface area contributed by atoms with E-state index >= 15 is 0 Å². The van der Waals surface area contributed by atoms with Crippen molar-refractivity contribution in [3.05, 3.63) is 55.7 Å². The molecular weight excluding hydrogens is 275 g/mol. The van der Waals surface area contributed by atoms with Crippen LogP contribution in [0.2, 0.25) is 10.0 Å². The zero-order chi connectivity index (χ0) is 12.4. The van der Waals surface area contributed by atoms with Crippen LogP contribution in [0.3, 0.4) is 0 Å². The minimum atomic E-state index is -0.0511. The summed E-state index contributed by atoms with van der Waals surface area (Å²) >= 11 is 13.6. The molecule has 1 unspecified atom stereocenters. The topological polar surface area (TPSA) is 38.0 Å². The van der Waals surface area contributed by atoms with Crippen molar-refractivity contribution in [1.29, 1.82) is 0 Å². The highest BCUT2D eigenvalue weighted by atomic mass is 35.5. The van der Waals surface area contributed by atoms with Gasteiger partial charge in [-0.3, -0.25) is 5.84 Å². The summed E-state index contributed by atoms with van der Waals surface area (Å²) in [5.41, 5.74) is 5.04. The van der Waals surface area contributed by atoms with E-state index < -0.39 is 0 Å². The van der Waals surface area contributed by atoms with Gasteiger partial charge in [-0.15, -0.1) is 11.3 Å². The second-order valence-electron chi connectivity index (χ2n) is 3.74. The van der Waals surface area contributed by atoms with Gasteiger partial charge in [-0.25, -0.2) is 5.43 Å². The maximum atomic E-state index is 6.02. The molecule has 0 radical (unpaired) electrons. The van der Waals surface area contributed by atoms with Gasteiger partial charge >= 0.3 is 0 Å². The van der Waals surface area contributed by atoms with Crippen molar-refractivity contribution < 1.29 is 0 Å². The molecule has 1 aromatic carbocycles. The first-order valence-corrected chi connectivity index (χ1v) is 6.72. The zero-order valence-corrected chi connectivity index (χ0v) is 11.5. The second kappa shape index (κ2) is 5.38. The van der Waals surface area contributed by atoms with E-state index in [-0.39, 0.29) is 6.04 Å². The number of hydrogen-bond acceptors (Lipinski definition) is 3. The molecule has 0 saturated carbocycles. The Kier molecular flexibility index (Phi) is 4.07. The van der Waals surface area contributed by atoms with E-state index in [4.69, 9.17) is 29.0 Å². The minimum Gasteiger partial charge on any atom is -0.271 e. The van der Waals surface area contributed by atoms with Gasteiger partial charge in [0.1, 0.15) is 0 Å². The third-order valence-electron chi connectivity index (χ3n) is 2.61. The maximum absolute atomic E-state index is 6.02. The lowest BCUT2D eigenvalue weighted by Gasteiger charge is -2.16. The summed E-state index contributed by atoms with van der Waals surface area (Å²) in [5.74, 6) is 5.63. The van der Waals surface area contributed by atoms with Crippen LogP contribution < -0.4 is 11.3 Å². The number of hydrogen-bond donors (Lipinski definition) is 2. The van der Waals surface area contributed by atoms with Crippen LogP contribution in [0.15, 0.2) is 29.6 Å². The molecule has 5 heteroatoms. The van der Waals surface area contributed by atoms with Crippen molar-refractivity contribution in [1.82, 2.24) is 5.43 Å². The third kappa shape index (κ3) is 2.64. The van der Waals surface area contributed by atoms with Gasteiger partial charge < -0.3 is 0 Å². The molecule has 1 heterocycles. The van der Waals surface area contributed by atoms with Crippen LogP contribution in [0, 0.1) is 6.92 Å². The number of halogens is 2. The first-order chi connectivity index (χ1) is 8.13. The van der Waals surface area contributed by atoms with Gasteiger partial charge in [0.15, 0.2) is 0 Å². The van der Waals surface area contributed by atoms with Gasteiger partial charge in [0, 0.05) is 4.88 Å². The monoisotopic (exact) mass is 286 g/mol. The van der Waals surface area contributed by atoms with Crippen LogP contribution in [-0.2, 0) is 0 Å². The highest BCUT2D eigenvalue weighted by Gasteiger charge is 2.16. The van der Waals surface area contributed by atoms with Crippen molar-refractivity contribution in [3.8, 4) is 0 Å². The van der Waals surface area contributed by atoms with Gasteiger partial charge in [-0.1, -0.05) is 29.3 Å². The molecule has 0 aliphatic rings. The summed E-state index contributed by atoms with van der Waals surface area (Å²) in [6.45, 7) is 2.06. The Morgan fingerprint density at radius 3 is 2.53 bits per heavy atom. The van der Waals surface area contributed by atoms with Crippen molar-refractivity contribution in [2.24, 2.45) is 5.84 Å². The summed E-state index contributed by atoms with van der Waals surface area (Å²) in [6, 6.07) is 7.57. The predicted molar refractivity (Wildman–Crippen MR) is 74.7 cm³/mol. The molecule has 0 fully saturated rings. The first kappa shape index (κ1) is 12.9. The fraction of sp³-hybridized carbons (Fsp3) is 0.167. The molecule has 17 heavy (non-hydrogen) atoms. The standard InChI is InChI=1S/C12H12Cl2N2S/c1-7-4-5-17-12(7)11(16-15)8-2-3-9(13)10(14)6-8/h2-6,11,16H,15H2,1H3. The van der Waals surface area contributed by atoms with Gasteiger partial charge in [-0.2, -0.15) is 0 Å². The van der Waals surface area contributed by atoms with Gasteiger partial charge in [0.25, 0.3) is 0 Å². The van der Waals surface area contributed by atoms with Crippen LogP contribution in [-0.4, -0.2) is 0 Å². The molecule has 0 amide bonds. The van der Waals surface area contributed by atoms with E-state index in [9.17, 15) is 0 Å². The average Bonchev–Trinajstić information content (AvgIpc) is 2.71. The Morgan fingerprint density at radius 1 is 1.24 bits per heavy atom. The number of nitrogens with one attached hydrogen (secondary N) is 1. The highest BCUT2D eigenvalue weighted by molar-refractivity contribution is 7.10. The zero-order valence-electron chi connectivity index (χ0n) is 9.21. The Bertz CT molecular complexity index is 525. The maximum Gasteiger partial charge on any atom is 0.0805 e. The van der Waals surface area contributed by atoms with Crippen molar-refractivity contribution >= 4 is 34.5 Å². The Balaban J connectivity index is 2.42. The number of thiophene rings is 1. The number of hydrazine groups is 1. The van der Waals surface area contributed by atoms with E-state index in [1.54, 1.807) is 17.4 Å². The third-order valence-corrected chi connectivity index (χ3v) is 4.43. The normalized spacial score (nSPS) is 12.7. The quantitative estimate of drug-likeness (QED) is 0.663. The molecule has 2 nitrogen and oxygen atoms in total. The molecule has 2 aromatic rings. The molecule has 0 aliphatic carbocycles. The fourth-order valence-electron chi connectivity index (χ4n) is 1.70. The molecular formula is C12H12Cl2N2S. The Hall–Kier alpha value is -0.580. The first-order valence-electron chi connectivity index (χ1n) is 5.08. The smallest absolute Gasteiger partial charge is 0.0805 e. The SMILES string of the molecule is Cc1ccsc1C(NN)c1ccc(Cl)c(Cl)c1. The van der Waals surface area contributed by atoms with Crippen LogP contribution in [0.5, 0.6) is 0 Å². The van der Waals surface area contributed by atoms with E-state index in [1.807, 2.05) is 17.5 Å². The van der Waals surface area contributed by atoms with E-state index in [1.165, 1.54) is 10.4 Å². The Labute approximate surface area is 114 Å². The Morgan fingerprint density at radius 2 is 2.00 bits per heavy atom. The van der Waals surface area contributed by atoms with Gasteiger partial charge in [-0.05, 0) is 41.6 Å². The van der Waals surface area contributed by atoms with Crippen LogP contribution >= 0.6 is 34.5 Å². The summed E-state index contributed by atoms with van der Waals surface area (Å²) in [4.78, 5) is 1.19. The van der Waals surface area contributed by atoms with E-state index in [0.29, 0.717) is 10.0 Å². The summed E-state index contributed by atoms with van der Waals surface area (Å²) in [7, 11) is 0. The van der Waals surface area contributed by atoms with Crippen LogP contribution in [0.25, 0.3) is 0 Å². The minimum absolute atomic E-state index is 0.0511. The lowest BCUT2D eigenvalue weighted by atomic mass is 10.0. The predicted octanol–water partition coefficient (Wildman–Crippen LogP) is 3.92. The van der Waals surface area contributed by atoms with Crippen LogP contribution in [0.1, 0.15) is 22.0 Å². The second-order valence-corrected chi connectivity index (χ2v) is 5.50. The number of benzene rings is 1. The van der Waals surface area contributed by atoms with Crippen molar-refractivity contribution in [2.45, 2.75) is 13.0 Å². The molecule has 2 rings (SSSR count). The summed E-state index contributed by atoms with van der Waals surface area (Å²) in [5, 5.41) is 3.14. The molecule has 1 atom stereocenters. The lowest BCUT2D eigenvalue weighted by molar-refractivity contribution is 0.644. The highest BCUT2D eigenvalue weighted by Crippen LogP contribution is 2.32. The number of aryl methyl sites for hydroxylation is 1. The fourth-order valence-corrected chi connectivity index (χ4v) is 3.01. The van der Waals surface area contributed by atoms with E-state index in [0.717, 1.165) is 5.56 Å². The molecule has 0 saturated heterocycles. The van der Waals surface area contributed by atoms with E-state index in [2.05, 4.69) is 18.4 Å². The average molecular weight is 287 g/mol. The molecule has 0 bridgehead atoms. The lowest BCUT2D eigenvalue weighted by Crippen LogP contribution is -2.28.